The van der Waals surface area contributed by atoms with E-state index in [1.807, 2.05) is 22.7 Å². The lowest BCUT2D eigenvalue weighted by Gasteiger charge is -2.27. The highest BCUT2D eigenvalue weighted by Crippen LogP contribution is 2.51. The fourth-order valence-corrected chi connectivity index (χ4v) is 10.7. The van der Waals surface area contributed by atoms with Crippen molar-refractivity contribution < 1.29 is 0 Å². The number of benzene rings is 9. The van der Waals surface area contributed by atoms with Crippen molar-refractivity contribution in [2.45, 2.75) is 0 Å². The van der Waals surface area contributed by atoms with E-state index in [0.29, 0.717) is 0 Å². The summed E-state index contributed by atoms with van der Waals surface area (Å²) < 4.78 is 5.17. The minimum absolute atomic E-state index is 1.13. The minimum atomic E-state index is 1.13. The lowest BCUT2D eigenvalue weighted by Crippen LogP contribution is -2.10. The zero-order chi connectivity index (χ0) is 36.3. The molecule has 0 N–H and O–H groups in total. The zero-order valence-corrected chi connectivity index (χ0v) is 31.4. The Labute approximate surface area is 327 Å². The molecule has 0 aliphatic carbocycles. The first kappa shape index (κ1) is 32.0. The molecule has 3 heteroatoms. The number of anilines is 3. The molecule has 0 atom stereocenters. The van der Waals surface area contributed by atoms with E-state index in [2.05, 4.69) is 205 Å². The molecule has 0 saturated heterocycles. The molecule has 0 aliphatic heterocycles. The van der Waals surface area contributed by atoms with Crippen LogP contribution in [0, 0.1) is 0 Å². The van der Waals surface area contributed by atoms with Gasteiger partial charge in [-0.2, -0.15) is 0 Å². The Morgan fingerprint density at radius 1 is 0.309 bits per heavy atom. The molecule has 2 heterocycles. The van der Waals surface area contributed by atoms with Gasteiger partial charge >= 0.3 is 0 Å². The molecular formula is C52H33NS2. The fourth-order valence-electron chi connectivity index (χ4n) is 8.18. The molecule has 0 fully saturated rings. The van der Waals surface area contributed by atoms with Crippen LogP contribution in [0.15, 0.2) is 200 Å². The first-order valence-corrected chi connectivity index (χ1v) is 20.3. The molecule has 11 aromatic rings. The maximum absolute atomic E-state index is 2.50. The van der Waals surface area contributed by atoms with Crippen LogP contribution in [0.5, 0.6) is 0 Å². The molecule has 0 bridgehead atoms. The molecular weight excluding hydrogens is 703 g/mol. The maximum Gasteiger partial charge on any atom is 0.0640 e. The molecule has 0 saturated carbocycles. The van der Waals surface area contributed by atoms with Crippen LogP contribution in [0.1, 0.15) is 0 Å². The number of thiophene rings is 2. The Bertz CT molecular complexity index is 3190. The Hall–Kier alpha value is -6.52. The van der Waals surface area contributed by atoms with Crippen LogP contribution in [0.4, 0.5) is 17.1 Å². The Morgan fingerprint density at radius 3 is 1.65 bits per heavy atom. The lowest BCUT2D eigenvalue weighted by molar-refractivity contribution is 1.32. The van der Waals surface area contributed by atoms with E-state index in [-0.39, 0.29) is 0 Å². The monoisotopic (exact) mass is 735 g/mol. The predicted octanol–water partition coefficient (Wildman–Crippen LogP) is 16.0. The number of nitrogens with zero attached hydrogens (tertiary/aromatic N) is 1. The van der Waals surface area contributed by atoms with E-state index in [1.165, 1.54) is 95.9 Å². The molecule has 2 aromatic heterocycles. The third-order valence-electron chi connectivity index (χ3n) is 10.8. The third kappa shape index (κ3) is 5.43. The second-order valence-corrected chi connectivity index (χ2v) is 16.2. The van der Waals surface area contributed by atoms with Gasteiger partial charge in [0, 0.05) is 42.2 Å². The predicted molar refractivity (Wildman–Crippen MR) is 241 cm³/mol. The van der Waals surface area contributed by atoms with Gasteiger partial charge < -0.3 is 4.90 Å². The normalized spacial score (nSPS) is 11.6. The highest BCUT2D eigenvalue weighted by Gasteiger charge is 2.23. The summed E-state index contributed by atoms with van der Waals surface area (Å²) in [5.74, 6) is 0. The van der Waals surface area contributed by atoms with Crippen LogP contribution in [-0.4, -0.2) is 0 Å². The van der Waals surface area contributed by atoms with Crippen LogP contribution >= 0.6 is 22.7 Å². The van der Waals surface area contributed by atoms with Crippen molar-refractivity contribution >= 4 is 90.9 Å². The van der Waals surface area contributed by atoms with E-state index in [1.54, 1.807) is 0 Å². The second-order valence-electron chi connectivity index (χ2n) is 14.1. The van der Waals surface area contributed by atoms with E-state index < -0.39 is 0 Å². The standard InChI is InChI=1S/C52H33NS2/c1-3-13-34(14-4-1)40-32-45(37-16-5-2-6-17-37)50-46(33-40)44-21-12-23-48(52(44)55-50)53(47-22-11-20-43-42-19-9-10-24-49(42)54-51(43)47)41-29-27-36(28-30-41)39-26-25-35-15-7-8-18-38(35)31-39/h1-33H. The molecule has 0 aliphatic rings. The SMILES string of the molecule is c1ccc(-c2cc(-c3ccccc3)c3sc4c(N(c5ccc(-c6ccc7ccccc7c6)cc5)c5cccc6c5sc5ccccc56)cccc4c3c2)cc1. The second kappa shape index (κ2) is 13.1. The van der Waals surface area contributed by atoms with Gasteiger partial charge in [0.1, 0.15) is 0 Å². The van der Waals surface area contributed by atoms with Gasteiger partial charge in [-0.15, -0.1) is 22.7 Å². The smallest absolute Gasteiger partial charge is 0.0640 e. The van der Waals surface area contributed by atoms with Crippen molar-refractivity contribution in [3.05, 3.63) is 200 Å². The molecule has 11 rings (SSSR count). The number of fused-ring (bicyclic) bond motifs is 7. The molecule has 1 nitrogen and oxygen atoms in total. The van der Waals surface area contributed by atoms with Crippen LogP contribution < -0.4 is 4.90 Å². The summed E-state index contributed by atoms with van der Waals surface area (Å²) in [6, 6.07) is 73.3. The van der Waals surface area contributed by atoms with Crippen molar-refractivity contribution in [2.75, 3.05) is 4.90 Å². The maximum atomic E-state index is 2.50. The van der Waals surface area contributed by atoms with E-state index in [4.69, 9.17) is 0 Å². The summed E-state index contributed by atoms with van der Waals surface area (Å²) in [5, 5.41) is 7.66. The van der Waals surface area contributed by atoms with Crippen LogP contribution in [0.2, 0.25) is 0 Å². The van der Waals surface area contributed by atoms with E-state index in [0.717, 1.165) is 5.69 Å². The highest BCUT2D eigenvalue weighted by atomic mass is 32.1. The summed E-state index contributed by atoms with van der Waals surface area (Å²) in [7, 11) is 0. The molecule has 0 spiro atoms. The van der Waals surface area contributed by atoms with Gasteiger partial charge in [0.15, 0.2) is 0 Å². The summed E-state index contributed by atoms with van der Waals surface area (Å²) in [4.78, 5) is 2.50. The van der Waals surface area contributed by atoms with Gasteiger partial charge in [-0.1, -0.05) is 152 Å². The number of hydrogen-bond acceptors (Lipinski definition) is 3. The average Bonchev–Trinajstić information content (AvgIpc) is 3.84. The first-order chi connectivity index (χ1) is 27.3. The van der Waals surface area contributed by atoms with Crippen molar-refractivity contribution in [1.29, 1.82) is 0 Å². The van der Waals surface area contributed by atoms with Crippen molar-refractivity contribution in [2.24, 2.45) is 0 Å². The van der Waals surface area contributed by atoms with Crippen LogP contribution in [0.3, 0.4) is 0 Å². The fraction of sp³-hybridized carbons (Fsp3) is 0. The summed E-state index contributed by atoms with van der Waals surface area (Å²) in [6.45, 7) is 0. The summed E-state index contributed by atoms with van der Waals surface area (Å²) in [6.07, 6.45) is 0. The molecule has 0 radical (unpaired) electrons. The lowest BCUT2D eigenvalue weighted by atomic mass is 9.96. The zero-order valence-electron chi connectivity index (χ0n) is 29.8. The summed E-state index contributed by atoms with van der Waals surface area (Å²) in [5.41, 5.74) is 10.9. The van der Waals surface area contributed by atoms with Gasteiger partial charge in [-0.25, -0.2) is 0 Å². The Balaban J connectivity index is 1.16. The minimum Gasteiger partial charge on any atom is -0.308 e. The molecule has 55 heavy (non-hydrogen) atoms. The van der Waals surface area contributed by atoms with Gasteiger partial charge in [0.25, 0.3) is 0 Å². The van der Waals surface area contributed by atoms with Crippen molar-refractivity contribution in [3.8, 4) is 33.4 Å². The van der Waals surface area contributed by atoms with Gasteiger partial charge in [-0.05, 0) is 87.1 Å². The van der Waals surface area contributed by atoms with E-state index >= 15 is 0 Å². The van der Waals surface area contributed by atoms with Gasteiger partial charge in [-0.3, -0.25) is 0 Å². The highest BCUT2D eigenvalue weighted by molar-refractivity contribution is 7.27. The quantitative estimate of drug-likeness (QED) is 0.164. The first-order valence-electron chi connectivity index (χ1n) is 18.7. The number of rotatable bonds is 6. The summed E-state index contributed by atoms with van der Waals surface area (Å²) >= 11 is 3.78. The van der Waals surface area contributed by atoms with Crippen molar-refractivity contribution in [1.82, 2.24) is 0 Å². The molecule has 258 valence electrons. The Morgan fingerprint density at radius 2 is 0.891 bits per heavy atom. The van der Waals surface area contributed by atoms with E-state index in [9.17, 15) is 0 Å². The third-order valence-corrected chi connectivity index (χ3v) is 13.3. The van der Waals surface area contributed by atoms with Gasteiger partial charge in [0.05, 0.1) is 20.8 Å². The molecule has 9 aromatic carbocycles. The average molecular weight is 736 g/mol. The molecule has 0 unspecified atom stereocenters. The molecule has 0 amide bonds. The number of hydrogen-bond donors (Lipinski definition) is 0. The van der Waals surface area contributed by atoms with Gasteiger partial charge in [0.2, 0.25) is 0 Å². The van der Waals surface area contributed by atoms with Crippen LogP contribution in [-0.2, 0) is 0 Å². The van der Waals surface area contributed by atoms with Crippen molar-refractivity contribution in [3.63, 3.8) is 0 Å². The van der Waals surface area contributed by atoms with Crippen LogP contribution in [0.25, 0.3) is 84.5 Å². The topological polar surface area (TPSA) is 3.24 Å². The Kier molecular flexibility index (Phi) is 7.61. The largest absolute Gasteiger partial charge is 0.308 e.